The Morgan fingerprint density at radius 3 is 1.66 bits per heavy atom. The third-order valence-corrected chi connectivity index (χ3v) is 10.2. The number of alkyl carbamates (subject to hydrolysis) is 1. The SMILES string of the molecule is C[C@@H](O)[C@H](NC(=O)CNC(=O)[C@H](CCC(=O)OC(C)(C)C)NC(=O)C(C)(C)NC(=O)[C@H](Cc1cn(C(c2ccccc2)(c2ccccc2)c2ccccc2)cn1)NC(=O)OC(C)(C)C)C(=O)O. The summed E-state index contributed by atoms with van der Waals surface area (Å²) in [4.78, 5) is 96.6. The predicted octanol–water partition coefficient (Wildman–Crippen LogP) is 3.73. The van der Waals surface area contributed by atoms with Crippen molar-refractivity contribution in [2.24, 2.45) is 0 Å². The van der Waals surface area contributed by atoms with E-state index in [0.717, 1.165) is 16.7 Å². The van der Waals surface area contributed by atoms with Gasteiger partial charge in [-0.05, 0) is 85.4 Å². The first-order valence-corrected chi connectivity index (χ1v) is 21.8. The van der Waals surface area contributed by atoms with Gasteiger partial charge in [0.1, 0.15) is 34.4 Å². The maximum Gasteiger partial charge on any atom is 0.408 e. The number of rotatable bonds is 20. The molecule has 0 fully saturated rings. The van der Waals surface area contributed by atoms with Crippen LogP contribution < -0.4 is 26.6 Å². The van der Waals surface area contributed by atoms with Crippen molar-refractivity contribution in [3.63, 3.8) is 0 Å². The fourth-order valence-electron chi connectivity index (χ4n) is 7.12. The minimum Gasteiger partial charge on any atom is -0.480 e. The molecule has 0 spiro atoms. The number of ether oxygens (including phenoxy) is 2. The van der Waals surface area contributed by atoms with E-state index >= 15 is 0 Å². The first-order chi connectivity index (χ1) is 31.3. The third-order valence-electron chi connectivity index (χ3n) is 10.2. The Morgan fingerprint density at radius 1 is 0.687 bits per heavy atom. The van der Waals surface area contributed by atoms with Crippen LogP contribution in [0.2, 0.25) is 0 Å². The largest absolute Gasteiger partial charge is 0.480 e. The second-order valence-electron chi connectivity index (χ2n) is 18.6. The summed E-state index contributed by atoms with van der Waals surface area (Å²) in [7, 11) is 0. The predicted molar refractivity (Wildman–Crippen MR) is 247 cm³/mol. The van der Waals surface area contributed by atoms with Gasteiger partial charge in [0.15, 0.2) is 6.04 Å². The third kappa shape index (κ3) is 15.0. The number of aliphatic carboxylic acids is 1. The zero-order valence-corrected chi connectivity index (χ0v) is 39.4. The normalized spacial score (nSPS) is 13.7. The minimum atomic E-state index is -1.78. The molecular formula is C49H63N7O11. The van der Waals surface area contributed by atoms with Crippen LogP contribution in [0, 0.1) is 0 Å². The Balaban J connectivity index is 1.64. The number of nitrogens with zero attached hydrogens (tertiary/aromatic N) is 2. The van der Waals surface area contributed by atoms with Crippen molar-refractivity contribution in [2.75, 3.05) is 6.54 Å². The van der Waals surface area contributed by atoms with Crippen LogP contribution >= 0.6 is 0 Å². The van der Waals surface area contributed by atoms with Crippen molar-refractivity contribution in [1.82, 2.24) is 36.1 Å². The molecule has 0 aliphatic carbocycles. The molecule has 4 aromatic rings. The van der Waals surface area contributed by atoms with Gasteiger partial charge >= 0.3 is 18.0 Å². The highest BCUT2D eigenvalue weighted by molar-refractivity contribution is 5.97. The highest BCUT2D eigenvalue weighted by Gasteiger charge is 2.40. The Hall–Kier alpha value is -7.08. The molecule has 3 aromatic carbocycles. The fourth-order valence-corrected chi connectivity index (χ4v) is 7.12. The summed E-state index contributed by atoms with van der Waals surface area (Å²) in [6.45, 7) is 13.1. The summed E-state index contributed by atoms with van der Waals surface area (Å²) in [6, 6.07) is 25.1. The highest BCUT2D eigenvalue weighted by atomic mass is 16.6. The summed E-state index contributed by atoms with van der Waals surface area (Å²) in [6.07, 6.45) is 0.287. The quantitative estimate of drug-likeness (QED) is 0.0495. The molecule has 0 unspecified atom stereocenters. The van der Waals surface area contributed by atoms with Gasteiger partial charge < -0.3 is 50.8 Å². The number of aliphatic hydroxyl groups excluding tert-OH is 1. The number of hydrogen-bond acceptors (Lipinski definition) is 11. The molecule has 4 rings (SSSR count). The van der Waals surface area contributed by atoms with Gasteiger partial charge in [-0.15, -0.1) is 0 Å². The van der Waals surface area contributed by atoms with Gasteiger partial charge in [0.25, 0.3) is 0 Å². The van der Waals surface area contributed by atoms with Gasteiger partial charge in [0.05, 0.1) is 24.7 Å². The van der Waals surface area contributed by atoms with E-state index in [1.54, 1.807) is 54.1 Å². The zero-order valence-electron chi connectivity index (χ0n) is 39.4. The maximum atomic E-state index is 14.3. The molecule has 0 aliphatic rings. The topological polar surface area (TPSA) is 256 Å². The summed E-state index contributed by atoms with van der Waals surface area (Å²) in [5.74, 6) is -5.75. The van der Waals surface area contributed by atoms with E-state index in [1.165, 1.54) is 20.8 Å². The van der Waals surface area contributed by atoms with Gasteiger partial charge in [-0.2, -0.15) is 0 Å². The Morgan fingerprint density at radius 2 is 1.19 bits per heavy atom. The molecule has 18 heteroatoms. The zero-order chi connectivity index (χ0) is 49.7. The van der Waals surface area contributed by atoms with Crippen molar-refractivity contribution in [3.8, 4) is 0 Å². The molecule has 0 bridgehead atoms. The van der Waals surface area contributed by atoms with Crippen molar-refractivity contribution in [1.29, 1.82) is 0 Å². The molecule has 1 heterocycles. The lowest BCUT2D eigenvalue weighted by Crippen LogP contribution is -2.62. The van der Waals surface area contributed by atoms with Gasteiger partial charge in [-0.25, -0.2) is 14.6 Å². The number of imidazole rings is 1. The van der Waals surface area contributed by atoms with Gasteiger partial charge in [0.2, 0.25) is 23.6 Å². The Bertz CT molecular complexity index is 2240. The molecule has 4 atom stereocenters. The van der Waals surface area contributed by atoms with Crippen LogP contribution in [-0.4, -0.2) is 109 Å². The Kier molecular flexibility index (Phi) is 17.6. The molecule has 0 saturated carbocycles. The van der Waals surface area contributed by atoms with E-state index in [1.807, 2.05) is 95.6 Å². The smallest absolute Gasteiger partial charge is 0.408 e. The second-order valence-corrected chi connectivity index (χ2v) is 18.6. The van der Waals surface area contributed by atoms with E-state index < -0.39 is 94.7 Å². The van der Waals surface area contributed by atoms with Gasteiger partial charge in [-0.1, -0.05) is 91.0 Å². The fraction of sp³-hybridized carbons (Fsp3) is 0.429. The number of carboxylic acids is 1. The van der Waals surface area contributed by atoms with E-state index in [9.17, 15) is 43.8 Å². The maximum absolute atomic E-state index is 14.3. The van der Waals surface area contributed by atoms with Gasteiger partial charge in [0, 0.05) is 19.0 Å². The molecule has 0 saturated heterocycles. The monoisotopic (exact) mass is 925 g/mol. The molecule has 0 aliphatic heterocycles. The first kappa shape index (κ1) is 52.5. The summed E-state index contributed by atoms with van der Waals surface area (Å²) in [5, 5.41) is 31.3. The molecule has 5 amide bonds. The number of carbonyl (C=O) groups is 7. The number of benzene rings is 3. The molecular weight excluding hydrogens is 863 g/mol. The van der Waals surface area contributed by atoms with Crippen LogP contribution in [0.1, 0.15) is 97.5 Å². The molecule has 360 valence electrons. The average molecular weight is 926 g/mol. The molecule has 0 radical (unpaired) electrons. The first-order valence-electron chi connectivity index (χ1n) is 21.8. The Labute approximate surface area is 390 Å². The van der Waals surface area contributed by atoms with Crippen LogP contribution in [0.25, 0.3) is 0 Å². The van der Waals surface area contributed by atoms with E-state index in [4.69, 9.17) is 14.5 Å². The highest BCUT2D eigenvalue weighted by Crippen LogP contribution is 2.40. The summed E-state index contributed by atoms with van der Waals surface area (Å²) < 4.78 is 12.8. The van der Waals surface area contributed by atoms with Crippen molar-refractivity contribution >= 4 is 41.7 Å². The molecule has 1 aromatic heterocycles. The standard InChI is InChI=1S/C49H63N7O11/c1-31(57)40(43(62)63)54-38(58)28-50-41(60)36(25-26-39(59)66-46(2,3)4)52-44(64)48(8,9)55-42(61)37(53-45(65)67-47(5,6)7)27-35-29-56(30-51-35)49(32-19-13-10-14-20-32,33-21-15-11-16-22-33)34-23-17-12-18-24-34/h10-24,29-31,36-37,40,57H,25-28H2,1-9H3,(H,50,60)(H,52,64)(H,53,65)(H,54,58)(H,55,61)(H,62,63)/t31-,36+,37+,40+/m1/s1. The van der Waals surface area contributed by atoms with E-state index in [0.29, 0.717) is 5.69 Å². The van der Waals surface area contributed by atoms with Gasteiger partial charge in [-0.3, -0.25) is 24.0 Å². The lowest BCUT2D eigenvalue weighted by Gasteiger charge is -2.37. The number of aliphatic hydroxyl groups is 1. The molecule has 7 N–H and O–H groups in total. The summed E-state index contributed by atoms with van der Waals surface area (Å²) in [5.41, 5.74) is -1.32. The number of nitrogens with one attached hydrogen (secondary N) is 5. The second kappa shape index (κ2) is 22.4. The van der Waals surface area contributed by atoms with Crippen LogP contribution in [-0.2, 0) is 50.2 Å². The lowest BCUT2D eigenvalue weighted by molar-refractivity contribution is -0.155. The number of esters is 1. The number of carboxylic acid groups (broad SMARTS) is 1. The lowest BCUT2D eigenvalue weighted by atomic mass is 9.77. The number of carbonyl (C=O) groups excluding carboxylic acids is 6. The average Bonchev–Trinajstić information content (AvgIpc) is 3.71. The number of aromatic nitrogens is 2. The summed E-state index contributed by atoms with van der Waals surface area (Å²) >= 11 is 0. The van der Waals surface area contributed by atoms with Crippen LogP contribution in [0.3, 0.4) is 0 Å². The molecule has 67 heavy (non-hydrogen) atoms. The number of amides is 5. The van der Waals surface area contributed by atoms with E-state index in [2.05, 4.69) is 26.6 Å². The van der Waals surface area contributed by atoms with Crippen LogP contribution in [0.15, 0.2) is 104 Å². The minimum absolute atomic E-state index is 0.162. The van der Waals surface area contributed by atoms with Crippen molar-refractivity contribution < 1.29 is 53.2 Å². The molecule has 18 nitrogen and oxygen atoms in total. The van der Waals surface area contributed by atoms with Crippen molar-refractivity contribution in [3.05, 3.63) is 126 Å². The number of hydrogen-bond donors (Lipinski definition) is 7. The van der Waals surface area contributed by atoms with E-state index in [-0.39, 0.29) is 19.3 Å². The van der Waals surface area contributed by atoms with Crippen LogP contribution in [0.5, 0.6) is 0 Å². The van der Waals surface area contributed by atoms with Crippen molar-refractivity contribution in [2.45, 2.75) is 128 Å². The van der Waals surface area contributed by atoms with Crippen LogP contribution in [0.4, 0.5) is 4.79 Å².